The van der Waals surface area contributed by atoms with E-state index in [4.69, 9.17) is 10.5 Å². The molecule has 0 saturated heterocycles. The lowest BCUT2D eigenvalue weighted by Crippen LogP contribution is -2.41. The summed E-state index contributed by atoms with van der Waals surface area (Å²) in [5.41, 5.74) is 6.03. The standard InChI is InChI=1S/C11H21NO/c12-10-7-3-4-8-11(10)13-9-5-1-2-6-9/h9-11H,1-8,12H2. The lowest BCUT2D eigenvalue weighted by molar-refractivity contribution is -0.0359. The van der Waals surface area contributed by atoms with Crippen LogP contribution in [0.4, 0.5) is 0 Å². The Morgan fingerprint density at radius 3 is 2.15 bits per heavy atom. The molecular weight excluding hydrogens is 162 g/mol. The first kappa shape index (κ1) is 9.47. The number of rotatable bonds is 2. The van der Waals surface area contributed by atoms with Crippen LogP contribution in [0, 0.1) is 0 Å². The molecule has 0 bridgehead atoms. The van der Waals surface area contributed by atoms with Crippen molar-refractivity contribution in [3.63, 3.8) is 0 Å². The SMILES string of the molecule is NC1CCCCC1OC1CCCC1. The van der Waals surface area contributed by atoms with E-state index in [1.807, 2.05) is 0 Å². The molecule has 2 fully saturated rings. The zero-order valence-corrected chi connectivity index (χ0v) is 8.37. The first-order valence-corrected chi connectivity index (χ1v) is 5.77. The van der Waals surface area contributed by atoms with Crippen molar-refractivity contribution in [2.75, 3.05) is 0 Å². The summed E-state index contributed by atoms with van der Waals surface area (Å²) >= 11 is 0. The largest absolute Gasteiger partial charge is 0.373 e. The Morgan fingerprint density at radius 1 is 0.846 bits per heavy atom. The zero-order valence-electron chi connectivity index (χ0n) is 8.37. The molecule has 0 aliphatic heterocycles. The normalized spacial score (nSPS) is 36.7. The van der Waals surface area contributed by atoms with Gasteiger partial charge in [-0.15, -0.1) is 0 Å². The quantitative estimate of drug-likeness (QED) is 0.712. The third-order valence-electron chi connectivity index (χ3n) is 3.42. The minimum Gasteiger partial charge on any atom is -0.373 e. The van der Waals surface area contributed by atoms with Crippen molar-refractivity contribution >= 4 is 0 Å². The van der Waals surface area contributed by atoms with Gasteiger partial charge in [0.05, 0.1) is 12.2 Å². The molecule has 2 aliphatic carbocycles. The molecule has 0 aromatic carbocycles. The number of nitrogens with two attached hydrogens (primary N) is 1. The minimum atomic E-state index is 0.314. The minimum absolute atomic E-state index is 0.314. The molecule has 13 heavy (non-hydrogen) atoms. The molecule has 2 atom stereocenters. The van der Waals surface area contributed by atoms with Crippen molar-refractivity contribution in [2.24, 2.45) is 5.73 Å². The molecule has 2 N–H and O–H groups in total. The van der Waals surface area contributed by atoms with E-state index in [0.717, 1.165) is 6.42 Å². The van der Waals surface area contributed by atoms with Gasteiger partial charge in [-0.3, -0.25) is 0 Å². The second-order valence-electron chi connectivity index (χ2n) is 4.53. The van der Waals surface area contributed by atoms with E-state index in [2.05, 4.69) is 0 Å². The molecule has 2 heteroatoms. The van der Waals surface area contributed by atoms with Crippen molar-refractivity contribution in [3.8, 4) is 0 Å². The van der Waals surface area contributed by atoms with Gasteiger partial charge in [-0.1, -0.05) is 25.7 Å². The molecule has 76 valence electrons. The topological polar surface area (TPSA) is 35.2 Å². The van der Waals surface area contributed by atoms with Gasteiger partial charge in [-0.25, -0.2) is 0 Å². The van der Waals surface area contributed by atoms with E-state index in [1.165, 1.54) is 44.9 Å². The summed E-state index contributed by atoms with van der Waals surface area (Å²) < 4.78 is 6.04. The number of hydrogen-bond acceptors (Lipinski definition) is 2. The van der Waals surface area contributed by atoms with Crippen LogP contribution < -0.4 is 5.73 Å². The molecule has 0 amide bonds. The fourth-order valence-corrected chi connectivity index (χ4v) is 2.57. The Balaban J connectivity index is 1.78. The van der Waals surface area contributed by atoms with Crippen LogP contribution in [-0.4, -0.2) is 18.2 Å². The summed E-state index contributed by atoms with van der Waals surface area (Å²) in [7, 11) is 0. The Kier molecular flexibility index (Phi) is 3.23. The Hall–Kier alpha value is -0.0800. The molecule has 0 aromatic rings. The van der Waals surface area contributed by atoms with Crippen LogP contribution in [0.2, 0.25) is 0 Å². The fraction of sp³-hybridized carbons (Fsp3) is 1.00. The van der Waals surface area contributed by atoms with Gasteiger partial charge in [0.2, 0.25) is 0 Å². The highest BCUT2D eigenvalue weighted by molar-refractivity contribution is 4.80. The van der Waals surface area contributed by atoms with Crippen LogP contribution in [0.5, 0.6) is 0 Å². The fourth-order valence-electron chi connectivity index (χ4n) is 2.57. The molecule has 2 rings (SSSR count). The van der Waals surface area contributed by atoms with Gasteiger partial charge < -0.3 is 10.5 Å². The Labute approximate surface area is 80.8 Å². The molecule has 0 heterocycles. The molecule has 2 saturated carbocycles. The zero-order chi connectivity index (χ0) is 9.10. The monoisotopic (exact) mass is 183 g/mol. The second-order valence-corrected chi connectivity index (χ2v) is 4.53. The summed E-state index contributed by atoms with van der Waals surface area (Å²) in [6.07, 6.45) is 11.1. The van der Waals surface area contributed by atoms with E-state index < -0.39 is 0 Å². The predicted molar refractivity (Wildman–Crippen MR) is 53.6 cm³/mol. The van der Waals surface area contributed by atoms with Gasteiger partial charge in [-0.2, -0.15) is 0 Å². The predicted octanol–water partition coefficient (Wildman–Crippen LogP) is 2.22. The average molecular weight is 183 g/mol. The first-order valence-electron chi connectivity index (χ1n) is 5.77. The molecule has 2 nitrogen and oxygen atoms in total. The first-order chi connectivity index (χ1) is 6.36. The van der Waals surface area contributed by atoms with Crippen LogP contribution in [0.1, 0.15) is 51.4 Å². The summed E-state index contributed by atoms with van der Waals surface area (Å²) in [6, 6.07) is 0.314. The molecule has 0 spiro atoms. The summed E-state index contributed by atoms with van der Waals surface area (Å²) in [5, 5.41) is 0. The highest BCUT2D eigenvalue weighted by Crippen LogP contribution is 2.27. The number of ether oxygens (including phenoxy) is 1. The van der Waals surface area contributed by atoms with Crippen molar-refractivity contribution in [1.29, 1.82) is 0 Å². The van der Waals surface area contributed by atoms with E-state index >= 15 is 0 Å². The summed E-state index contributed by atoms with van der Waals surface area (Å²) in [5.74, 6) is 0. The van der Waals surface area contributed by atoms with Crippen molar-refractivity contribution in [3.05, 3.63) is 0 Å². The third kappa shape index (κ3) is 2.44. The van der Waals surface area contributed by atoms with Gasteiger partial charge in [0, 0.05) is 6.04 Å². The summed E-state index contributed by atoms with van der Waals surface area (Å²) in [4.78, 5) is 0. The van der Waals surface area contributed by atoms with E-state index in [0.29, 0.717) is 18.2 Å². The van der Waals surface area contributed by atoms with Gasteiger partial charge in [0.15, 0.2) is 0 Å². The molecular formula is C11H21NO. The van der Waals surface area contributed by atoms with E-state index in [9.17, 15) is 0 Å². The Bertz CT molecular complexity index is 154. The highest BCUT2D eigenvalue weighted by atomic mass is 16.5. The smallest absolute Gasteiger partial charge is 0.0729 e. The van der Waals surface area contributed by atoms with Crippen molar-refractivity contribution in [1.82, 2.24) is 0 Å². The van der Waals surface area contributed by atoms with Gasteiger partial charge in [0.25, 0.3) is 0 Å². The second kappa shape index (κ2) is 4.43. The summed E-state index contributed by atoms with van der Waals surface area (Å²) in [6.45, 7) is 0. The van der Waals surface area contributed by atoms with E-state index in [-0.39, 0.29) is 0 Å². The van der Waals surface area contributed by atoms with Crippen LogP contribution in [0.25, 0.3) is 0 Å². The molecule has 2 unspecified atom stereocenters. The van der Waals surface area contributed by atoms with Crippen LogP contribution >= 0.6 is 0 Å². The van der Waals surface area contributed by atoms with Crippen LogP contribution in [0.3, 0.4) is 0 Å². The molecule has 0 radical (unpaired) electrons. The van der Waals surface area contributed by atoms with Gasteiger partial charge in [-0.05, 0) is 25.7 Å². The maximum Gasteiger partial charge on any atom is 0.0729 e. The lowest BCUT2D eigenvalue weighted by atomic mass is 9.93. The lowest BCUT2D eigenvalue weighted by Gasteiger charge is -2.30. The number of hydrogen-bond donors (Lipinski definition) is 1. The van der Waals surface area contributed by atoms with Gasteiger partial charge in [0.1, 0.15) is 0 Å². The third-order valence-corrected chi connectivity index (χ3v) is 3.42. The van der Waals surface area contributed by atoms with Crippen LogP contribution in [0.15, 0.2) is 0 Å². The van der Waals surface area contributed by atoms with Crippen molar-refractivity contribution < 1.29 is 4.74 Å². The Morgan fingerprint density at radius 2 is 1.46 bits per heavy atom. The maximum absolute atomic E-state index is 6.04. The van der Waals surface area contributed by atoms with E-state index in [1.54, 1.807) is 0 Å². The van der Waals surface area contributed by atoms with Crippen LogP contribution in [-0.2, 0) is 4.74 Å². The maximum atomic E-state index is 6.04. The van der Waals surface area contributed by atoms with Gasteiger partial charge >= 0.3 is 0 Å². The molecule has 2 aliphatic rings. The average Bonchev–Trinajstić information content (AvgIpc) is 2.61. The van der Waals surface area contributed by atoms with Crippen molar-refractivity contribution in [2.45, 2.75) is 69.6 Å². The highest BCUT2D eigenvalue weighted by Gasteiger charge is 2.26. The molecule has 0 aromatic heterocycles.